The van der Waals surface area contributed by atoms with Crippen LogP contribution in [0.25, 0.3) is 0 Å². The molecule has 0 radical (unpaired) electrons. The third kappa shape index (κ3) is 6.84. The summed E-state index contributed by atoms with van der Waals surface area (Å²) in [6.45, 7) is 4.99. The monoisotopic (exact) mass is 375 g/mol. The van der Waals surface area contributed by atoms with E-state index in [1.165, 1.54) is 0 Å². The van der Waals surface area contributed by atoms with Gasteiger partial charge in [-0.15, -0.1) is 0 Å². The number of carbonyl (C=O) groups is 1. The van der Waals surface area contributed by atoms with E-state index in [9.17, 15) is 13.2 Å². The van der Waals surface area contributed by atoms with Crippen LogP contribution in [0, 0.1) is 11.3 Å². The molecule has 1 saturated heterocycles. The van der Waals surface area contributed by atoms with Crippen molar-refractivity contribution in [3.63, 3.8) is 0 Å². The van der Waals surface area contributed by atoms with Crippen LogP contribution in [0.5, 0.6) is 0 Å². The molecular formula is C17H33N3O4S. The van der Waals surface area contributed by atoms with Gasteiger partial charge in [0.15, 0.2) is 0 Å². The molecule has 7 nitrogen and oxygen atoms in total. The van der Waals surface area contributed by atoms with E-state index in [1.54, 1.807) is 7.11 Å². The second-order valence-corrected chi connectivity index (χ2v) is 9.55. The van der Waals surface area contributed by atoms with Crippen LogP contribution in [0.15, 0.2) is 0 Å². The Balaban J connectivity index is 1.79. The summed E-state index contributed by atoms with van der Waals surface area (Å²) in [7, 11) is -1.93. The van der Waals surface area contributed by atoms with Gasteiger partial charge in [-0.25, -0.2) is 13.1 Å². The topological polar surface area (TPSA) is 96.5 Å². The highest BCUT2D eigenvalue weighted by Crippen LogP contribution is 2.28. The lowest BCUT2D eigenvalue weighted by Crippen LogP contribution is -2.49. The fourth-order valence-corrected chi connectivity index (χ4v) is 5.09. The van der Waals surface area contributed by atoms with Gasteiger partial charge in [0.25, 0.3) is 0 Å². The molecule has 8 heteroatoms. The Kier molecular flexibility index (Phi) is 7.67. The highest BCUT2D eigenvalue weighted by Gasteiger charge is 2.33. The Bertz CT molecular complexity index is 519. The highest BCUT2D eigenvalue weighted by atomic mass is 32.2. The summed E-state index contributed by atoms with van der Waals surface area (Å²) in [5, 5.41) is 6.11. The minimum absolute atomic E-state index is 0.0294. The second kappa shape index (κ2) is 9.30. The number of carbonyl (C=O) groups excluding carboxylic acids is 1. The molecule has 3 N–H and O–H groups in total. The Morgan fingerprint density at radius 3 is 2.44 bits per heavy atom. The Labute approximate surface area is 151 Å². The van der Waals surface area contributed by atoms with Crippen LogP contribution in [-0.4, -0.2) is 59.5 Å². The Hall–Kier alpha value is -0.700. The van der Waals surface area contributed by atoms with Gasteiger partial charge in [0.05, 0.1) is 6.61 Å². The summed E-state index contributed by atoms with van der Waals surface area (Å²) < 4.78 is 32.5. The highest BCUT2D eigenvalue weighted by molar-refractivity contribution is 7.90. The minimum Gasteiger partial charge on any atom is -0.384 e. The fourth-order valence-electron chi connectivity index (χ4n) is 3.82. The number of amides is 1. The SMILES string of the molecule is COCC1(CNC(=O)CS(=O)(=O)NC2CCC(C)CC2)CCNCC1. The van der Waals surface area contributed by atoms with Crippen molar-refractivity contribution in [1.82, 2.24) is 15.4 Å². The quantitative estimate of drug-likeness (QED) is 0.578. The molecule has 0 aromatic heterocycles. The molecule has 25 heavy (non-hydrogen) atoms. The molecule has 2 rings (SSSR count). The maximum Gasteiger partial charge on any atom is 0.236 e. The summed E-state index contributed by atoms with van der Waals surface area (Å²) in [5.74, 6) is -0.280. The first kappa shape index (κ1) is 20.6. The molecule has 2 aliphatic rings. The van der Waals surface area contributed by atoms with E-state index in [0.717, 1.165) is 51.6 Å². The van der Waals surface area contributed by atoms with Gasteiger partial charge in [-0.1, -0.05) is 6.92 Å². The lowest BCUT2D eigenvalue weighted by Gasteiger charge is -2.37. The van der Waals surface area contributed by atoms with Crippen LogP contribution >= 0.6 is 0 Å². The summed E-state index contributed by atoms with van der Waals surface area (Å²) in [5.41, 5.74) is -0.105. The molecule has 0 unspecified atom stereocenters. The van der Waals surface area contributed by atoms with Gasteiger partial charge in [0.1, 0.15) is 5.75 Å². The van der Waals surface area contributed by atoms with Gasteiger partial charge in [-0.05, 0) is 57.5 Å². The maximum absolute atomic E-state index is 12.2. The first-order valence-electron chi connectivity index (χ1n) is 9.30. The summed E-state index contributed by atoms with van der Waals surface area (Å²) in [4.78, 5) is 12.2. The lowest BCUT2D eigenvalue weighted by atomic mass is 9.79. The molecule has 1 aliphatic heterocycles. The van der Waals surface area contributed by atoms with Gasteiger partial charge < -0.3 is 15.4 Å². The molecule has 1 amide bonds. The molecule has 2 fully saturated rings. The average molecular weight is 376 g/mol. The van der Waals surface area contributed by atoms with Crippen LogP contribution in [0.2, 0.25) is 0 Å². The standard InChI is InChI=1S/C17H33N3O4S/c1-14-3-5-15(6-4-14)20-25(22,23)11-16(21)19-12-17(13-24-2)7-9-18-10-8-17/h14-15,18,20H,3-13H2,1-2H3,(H,19,21). The van der Waals surface area contributed by atoms with Crippen LogP contribution in [0.1, 0.15) is 45.4 Å². The molecule has 1 heterocycles. The van der Waals surface area contributed by atoms with Crippen molar-refractivity contribution in [1.29, 1.82) is 0 Å². The predicted molar refractivity (Wildman–Crippen MR) is 97.8 cm³/mol. The number of methoxy groups -OCH3 is 1. The largest absolute Gasteiger partial charge is 0.384 e. The fraction of sp³-hybridized carbons (Fsp3) is 0.941. The van der Waals surface area contributed by atoms with Gasteiger partial charge in [0, 0.05) is 25.1 Å². The number of hydrogen-bond donors (Lipinski definition) is 3. The van der Waals surface area contributed by atoms with Gasteiger partial charge in [-0.2, -0.15) is 0 Å². The third-order valence-electron chi connectivity index (χ3n) is 5.46. The van der Waals surface area contributed by atoms with Crippen molar-refractivity contribution in [2.75, 3.05) is 39.1 Å². The minimum atomic E-state index is -3.59. The van der Waals surface area contributed by atoms with Gasteiger partial charge in [-0.3, -0.25) is 4.79 Å². The molecule has 1 saturated carbocycles. The zero-order valence-corrected chi connectivity index (χ0v) is 16.3. The van der Waals surface area contributed by atoms with E-state index >= 15 is 0 Å². The van der Waals surface area contributed by atoms with Crippen molar-refractivity contribution < 1.29 is 17.9 Å². The van der Waals surface area contributed by atoms with Crippen LogP contribution < -0.4 is 15.4 Å². The van der Waals surface area contributed by atoms with Crippen molar-refractivity contribution in [3.05, 3.63) is 0 Å². The Morgan fingerprint density at radius 1 is 1.20 bits per heavy atom. The number of ether oxygens (including phenoxy) is 1. The molecule has 0 bridgehead atoms. The number of hydrogen-bond acceptors (Lipinski definition) is 5. The van der Waals surface area contributed by atoms with Crippen molar-refractivity contribution in [3.8, 4) is 0 Å². The summed E-state index contributed by atoms with van der Waals surface area (Å²) in [6, 6.07) is -0.0294. The van der Waals surface area contributed by atoms with Crippen LogP contribution in [-0.2, 0) is 19.6 Å². The maximum atomic E-state index is 12.2. The predicted octanol–water partition coefficient (Wildman–Crippen LogP) is 0.617. The number of rotatable bonds is 8. The zero-order chi connectivity index (χ0) is 18.3. The van der Waals surface area contributed by atoms with E-state index in [1.807, 2.05) is 0 Å². The van der Waals surface area contributed by atoms with E-state index in [0.29, 0.717) is 19.1 Å². The normalized spacial score (nSPS) is 27.0. The molecule has 0 aromatic rings. The average Bonchev–Trinajstić information content (AvgIpc) is 2.56. The lowest BCUT2D eigenvalue weighted by molar-refractivity contribution is -0.119. The third-order valence-corrected chi connectivity index (χ3v) is 6.79. The Morgan fingerprint density at radius 2 is 1.84 bits per heavy atom. The van der Waals surface area contributed by atoms with Crippen molar-refractivity contribution in [2.24, 2.45) is 11.3 Å². The first-order chi connectivity index (χ1) is 11.8. The van der Waals surface area contributed by atoms with Crippen LogP contribution in [0.3, 0.4) is 0 Å². The van der Waals surface area contributed by atoms with Crippen molar-refractivity contribution >= 4 is 15.9 Å². The summed E-state index contributed by atoms with van der Waals surface area (Å²) in [6.07, 6.45) is 5.59. The molecule has 1 aliphatic carbocycles. The molecule has 0 spiro atoms. The van der Waals surface area contributed by atoms with E-state index in [-0.39, 0.29) is 11.5 Å². The van der Waals surface area contributed by atoms with Gasteiger partial charge >= 0.3 is 0 Å². The number of nitrogens with one attached hydrogen (secondary N) is 3. The van der Waals surface area contributed by atoms with E-state index in [4.69, 9.17) is 4.74 Å². The zero-order valence-electron chi connectivity index (χ0n) is 15.5. The number of sulfonamides is 1. The molecule has 0 aromatic carbocycles. The smallest absolute Gasteiger partial charge is 0.236 e. The summed E-state index contributed by atoms with van der Waals surface area (Å²) >= 11 is 0. The molecule has 146 valence electrons. The molecular weight excluding hydrogens is 342 g/mol. The van der Waals surface area contributed by atoms with Crippen molar-refractivity contribution in [2.45, 2.75) is 51.5 Å². The molecule has 0 atom stereocenters. The van der Waals surface area contributed by atoms with E-state index < -0.39 is 21.7 Å². The van der Waals surface area contributed by atoms with Crippen LogP contribution in [0.4, 0.5) is 0 Å². The van der Waals surface area contributed by atoms with E-state index in [2.05, 4.69) is 22.3 Å². The number of piperidine rings is 1. The first-order valence-corrected chi connectivity index (χ1v) is 11.0. The van der Waals surface area contributed by atoms with Gasteiger partial charge in [0.2, 0.25) is 15.9 Å². The second-order valence-electron chi connectivity index (χ2n) is 7.79.